The van der Waals surface area contributed by atoms with Crippen LogP contribution in [0.2, 0.25) is 0 Å². The van der Waals surface area contributed by atoms with E-state index < -0.39 is 5.60 Å². The molecule has 0 bridgehead atoms. The minimum atomic E-state index is -0.469. The number of hydrogen-bond donors (Lipinski definition) is 0. The van der Waals surface area contributed by atoms with Crippen molar-refractivity contribution in [1.82, 2.24) is 19.5 Å². The van der Waals surface area contributed by atoms with Crippen LogP contribution in [0.3, 0.4) is 0 Å². The van der Waals surface area contributed by atoms with E-state index in [1.807, 2.05) is 39.1 Å². The Morgan fingerprint density at radius 1 is 1.41 bits per heavy atom. The minimum Gasteiger partial charge on any atom is -0.444 e. The Hall–Kier alpha value is -1.63. The topological polar surface area (TPSA) is 59.7 Å². The number of aromatic nitrogens is 3. The van der Waals surface area contributed by atoms with Gasteiger partial charge in [-0.05, 0) is 55.3 Å². The molecule has 2 aromatic heterocycles. The fourth-order valence-electron chi connectivity index (χ4n) is 2.51. The summed E-state index contributed by atoms with van der Waals surface area (Å²) in [4.78, 5) is 18.4. The molecule has 0 aliphatic carbocycles. The van der Waals surface area contributed by atoms with E-state index in [9.17, 15) is 4.79 Å². The Bertz CT molecular complexity index is 707. The van der Waals surface area contributed by atoms with Gasteiger partial charge in [-0.15, -0.1) is 0 Å². The summed E-state index contributed by atoms with van der Waals surface area (Å²) >= 11 is 3.42. The molecule has 3 rings (SSSR count). The largest absolute Gasteiger partial charge is 0.444 e. The minimum absolute atomic E-state index is 0.159. The first kappa shape index (κ1) is 15.3. The first-order valence-corrected chi connectivity index (χ1v) is 8.11. The van der Waals surface area contributed by atoms with Gasteiger partial charge in [0.15, 0.2) is 11.5 Å². The lowest BCUT2D eigenvalue weighted by Gasteiger charge is -2.24. The lowest BCUT2D eigenvalue weighted by molar-refractivity contribution is 0.0292. The van der Waals surface area contributed by atoms with Crippen LogP contribution < -0.4 is 0 Å². The molecule has 0 radical (unpaired) electrons. The molecule has 1 aliphatic rings. The van der Waals surface area contributed by atoms with Gasteiger partial charge >= 0.3 is 6.09 Å². The molecule has 0 saturated carbocycles. The van der Waals surface area contributed by atoms with E-state index >= 15 is 0 Å². The second-order valence-corrected chi connectivity index (χ2v) is 7.45. The second kappa shape index (κ2) is 5.53. The van der Waals surface area contributed by atoms with E-state index in [0.717, 1.165) is 22.4 Å². The maximum absolute atomic E-state index is 12.1. The van der Waals surface area contributed by atoms with Gasteiger partial charge in [0.2, 0.25) is 0 Å². The van der Waals surface area contributed by atoms with Gasteiger partial charge in [-0.2, -0.15) is 5.10 Å². The van der Waals surface area contributed by atoms with Crippen LogP contribution in [-0.2, 0) is 4.74 Å². The molecule has 1 unspecified atom stereocenters. The van der Waals surface area contributed by atoms with Crippen molar-refractivity contribution in [1.29, 1.82) is 0 Å². The van der Waals surface area contributed by atoms with Crippen LogP contribution in [0.1, 0.15) is 38.9 Å². The number of fused-ring (bicyclic) bond motifs is 1. The number of carbonyl (C=O) groups is 1. The van der Waals surface area contributed by atoms with Crippen molar-refractivity contribution >= 4 is 27.7 Å². The summed E-state index contributed by atoms with van der Waals surface area (Å²) in [6, 6.07) is 3.86. The van der Waals surface area contributed by atoms with Gasteiger partial charge in [0, 0.05) is 29.7 Å². The molecule has 0 spiro atoms. The highest BCUT2D eigenvalue weighted by molar-refractivity contribution is 9.10. The number of pyridine rings is 1. The highest BCUT2D eigenvalue weighted by Gasteiger charge is 2.32. The molecule has 118 valence electrons. The second-order valence-electron chi connectivity index (χ2n) is 6.53. The number of carbonyl (C=O) groups excluding carboxylic acids is 1. The summed E-state index contributed by atoms with van der Waals surface area (Å²) < 4.78 is 8.13. The molecule has 0 N–H and O–H groups in total. The molecular formula is C15H19BrN4O2. The average Bonchev–Trinajstić information content (AvgIpc) is 3.02. The predicted octanol–water partition coefficient (Wildman–Crippen LogP) is 3.22. The number of amides is 1. The van der Waals surface area contributed by atoms with E-state index in [1.165, 1.54) is 0 Å². The first-order chi connectivity index (χ1) is 10.3. The summed E-state index contributed by atoms with van der Waals surface area (Å²) in [5, 5.41) is 4.52. The Morgan fingerprint density at radius 3 is 2.91 bits per heavy atom. The molecule has 6 nitrogen and oxygen atoms in total. The Balaban J connectivity index is 1.72. The van der Waals surface area contributed by atoms with Gasteiger partial charge in [0.25, 0.3) is 0 Å². The van der Waals surface area contributed by atoms with Crippen molar-refractivity contribution < 1.29 is 9.53 Å². The monoisotopic (exact) mass is 366 g/mol. The van der Waals surface area contributed by atoms with Crippen molar-refractivity contribution in [3.05, 3.63) is 28.6 Å². The Morgan fingerprint density at radius 2 is 2.18 bits per heavy atom. The van der Waals surface area contributed by atoms with Crippen LogP contribution in [0.4, 0.5) is 4.79 Å². The van der Waals surface area contributed by atoms with E-state index in [2.05, 4.69) is 26.0 Å². The van der Waals surface area contributed by atoms with Gasteiger partial charge in [-0.3, -0.25) is 0 Å². The molecule has 3 heterocycles. The Labute approximate surface area is 137 Å². The summed E-state index contributed by atoms with van der Waals surface area (Å²) in [5.41, 5.74) is 0.344. The van der Waals surface area contributed by atoms with Crippen molar-refractivity contribution in [3.63, 3.8) is 0 Å². The van der Waals surface area contributed by atoms with E-state index in [1.54, 1.807) is 9.42 Å². The standard InChI is InChI=1S/C15H19BrN4O2/c1-15(2,3)22-14(21)19-7-6-10(8-19)13-17-12-5-4-11(16)9-20(12)18-13/h4-5,9-10H,6-8H2,1-3H3. The van der Waals surface area contributed by atoms with Crippen LogP contribution in [0.25, 0.3) is 5.65 Å². The number of halogens is 1. The molecule has 22 heavy (non-hydrogen) atoms. The van der Waals surface area contributed by atoms with Gasteiger partial charge < -0.3 is 9.64 Å². The van der Waals surface area contributed by atoms with E-state index in [-0.39, 0.29) is 12.0 Å². The third kappa shape index (κ3) is 3.24. The third-order valence-corrected chi connectivity index (χ3v) is 3.99. The molecule has 1 atom stereocenters. The van der Waals surface area contributed by atoms with Crippen LogP contribution in [-0.4, -0.2) is 44.3 Å². The number of nitrogens with zero attached hydrogens (tertiary/aromatic N) is 4. The highest BCUT2D eigenvalue weighted by atomic mass is 79.9. The lowest BCUT2D eigenvalue weighted by Crippen LogP contribution is -2.35. The fraction of sp³-hybridized carbons (Fsp3) is 0.533. The summed E-state index contributed by atoms with van der Waals surface area (Å²) in [6.45, 7) is 6.91. The zero-order valence-electron chi connectivity index (χ0n) is 12.9. The molecule has 1 saturated heterocycles. The number of hydrogen-bond acceptors (Lipinski definition) is 4. The fourth-order valence-corrected chi connectivity index (χ4v) is 2.84. The maximum Gasteiger partial charge on any atom is 0.410 e. The van der Waals surface area contributed by atoms with Crippen molar-refractivity contribution in [2.24, 2.45) is 0 Å². The van der Waals surface area contributed by atoms with Gasteiger partial charge in [0.1, 0.15) is 5.60 Å². The molecular weight excluding hydrogens is 348 g/mol. The van der Waals surface area contributed by atoms with Crippen LogP contribution in [0.5, 0.6) is 0 Å². The lowest BCUT2D eigenvalue weighted by atomic mass is 10.1. The predicted molar refractivity (Wildman–Crippen MR) is 85.9 cm³/mol. The quantitative estimate of drug-likeness (QED) is 0.777. The van der Waals surface area contributed by atoms with Crippen molar-refractivity contribution in [2.45, 2.75) is 38.7 Å². The molecule has 1 aliphatic heterocycles. The van der Waals surface area contributed by atoms with E-state index in [4.69, 9.17) is 4.74 Å². The smallest absolute Gasteiger partial charge is 0.410 e. The number of likely N-dealkylation sites (tertiary alicyclic amines) is 1. The van der Waals surface area contributed by atoms with Crippen LogP contribution >= 0.6 is 15.9 Å². The zero-order valence-corrected chi connectivity index (χ0v) is 14.5. The third-order valence-electron chi connectivity index (χ3n) is 3.52. The Kier molecular flexibility index (Phi) is 3.84. The van der Waals surface area contributed by atoms with Crippen LogP contribution in [0, 0.1) is 0 Å². The van der Waals surface area contributed by atoms with Gasteiger partial charge in [-0.25, -0.2) is 14.3 Å². The summed E-state index contributed by atoms with van der Waals surface area (Å²) in [6.07, 6.45) is 2.48. The maximum atomic E-state index is 12.1. The molecule has 7 heteroatoms. The van der Waals surface area contributed by atoms with Gasteiger partial charge in [0.05, 0.1) is 0 Å². The van der Waals surface area contributed by atoms with Gasteiger partial charge in [-0.1, -0.05) is 0 Å². The highest BCUT2D eigenvalue weighted by Crippen LogP contribution is 2.26. The number of ether oxygens (including phenoxy) is 1. The van der Waals surface area contributed by atoms with Crippen molar-refractivity contribution in [2.75, 3.05) is 13.1 Å². The summed E-state index contributed by atoms with van der Waals surface area (Å²) in [5.74, 6) is 0.940. The summed E-state index contributed by atoms with van der Waals surface area (Å²) in [7, 11) is 0. The average molecular weight is 367 g/mol. The van der Waals surface area contributed by atoms with E-state index in [0.29, 0.717) is 13.1 Å². The zero-order chi connectivity index (χ0) is 15.9. The first-order valence-electron chi connectivity index (χ1n) is 7.31. The number of rotatable bonds is 1. The molecule has 1 amide bonds. The van der Waals surface area contributed by atoms with Crippen LogP contribution in [0.15, 0.2) is 22.8 Å². The molecule has 2 aromatic rings. The molecule has 1 fully saturated rings. The SMILES string of the molecule is CC(C)(C)OC(=O)N1CCC(c2nc3ccc(Br)cn3n2)C1. The van der Waals surface area contributed by atoms with Crippen molar-refractivity contribution in [3.8, 4) is 0 Å². The normalized spacial score (nSPS) is 18.9. The molecule has 0 aromatic carbocycles.